The van der Waals surface area contributed by atoms with Gasteiger partial charge >= 0.3 is 0 Å². The van der Waals surface area contributed by atoms with Gasteiger partial charge in [-0.1, -0.05) is 36.4 Å². The summed E-state index contributed by atoms with van der Waals surface area (Å²) in [6, 6.07) is 19.5. The summed E-state index contributed by atoms with van der Waals surface area (Å²) in [7, 11) is 3.51. The Bertz CT molecular complexity index is 1340. The molecule has 3 aromatic carbocycles. The molecule has 0 bridgehead atoms. The van der Waals surface area contributed by atoms with E-state index in [0.29, 0.717) is 11.3 Å². The van der Waals surface area contributed by atoms with Crippen molar-refractivity contribution in [2.45, 2.75) is 20.3 Å². The van der Waals surface area contributed by atoms with E-state index in [0.717, 1.165) is 28.6 Å². The first-order valence-corrected chi connectivity index (χ1v) is 11.0. The summed E-state index contributed by atoms with van der Waals surface area (Å²) >= 11 is 5.37. The lowest BCUT2D eigenvalue weighted by molar-refractivity contribution is 0.0975. The Morgan fingerprint density at radius 2 is 1.73 bits per heavy atom. The fourth-order valence-corrected chi connectivity index (χ4v) is 4.09. The summed E-state index contributed by atoms with van der Waals surface area (Å²) in [6.45, 7) is 4.11. The third-order valence-corrected chi connectivity index (χ3v) is 6.00. The number of hydrogen-bond acceptors (Lipinski definition) is 4. The molecule has 0 atom stereocenters. The lowest BCUT2D eigenvalue weighted by Gasteiger charge is -2.13. The summed E-state index contributed by atoms with van der Waals surface area (Å²) in [5.74, 6) is 0.175. The van der Waals surface area contributed by atoms with Gasteiger partial charge in [0.15, 0.2) is 5.11 Å². The number of aryl methyl sites for hydroxylation is 2. The molecule has 0 saturated carbocycles. The number of methoxy groups -OCH3 is 1. The fourth-order valence-electron chi connectivity index (χ4n) is 3.88. The van der Waals surface area contributed by atoms with Crippen molar-refractivity contribution in [1.29, 1.82) is 0 Å². The Labute approximate surface area is 198 Å². The van der Waals surface area contributed by atoms with Gasteiger partial charge in [0, 0.05) is 30.4 Å². The third kappa shape index (κ3) is 4.88. The number of anilines is 1. The largest absolute Gasteiger partial charge is 0.496 e. The van der Waals surface area contributed by atoms with Crippen LogP contribution in [0.4, 0.5) is 5.69 Å². The number of benzene rings is 3. The normalized spacial score (nSPS) is 10.8. The molecule has 6 nitrogen and oxygen atoms in total. The average Bonchev–Trinajstić information content (AvgIpc) is 3.05. The van der Waals surface area contributed by atoms with Crippen LogP contribution in [0.25, 0.3) is 10.8 Å². The Kier molecular flexibility index (Phi) is 6.42. The van der Waals surface area contributed by atoms with Gasteiger partial charge in [-0.3, -0.25) is 14.8 Å². The van der Waals surface area contributed by atoms with Gasteiger partial charge in [-0.15, -0.1) is 0 Å². The minimum Gasteiger partial charge on any atom is -0.496 e. The molecule has 4 aromatic rings. The van der Waals surface area contributed by atoms with Gasteiger partial charge in [-0.2, -0.15) is 5.10 Å². The fraction of sp³-hybridized carbons (Fsp3) is 0.192. The minimum absolute atomic E-state index is 0.224. The van der Waals surface area contributed by atoms with E-state index in [2.05, 4.69) is 22.7 Å². The van der Waals surface area contributed by atoms with E-state index in [9.17, 15) is 4.79 Å². The molecule has 1 heterocycles. The molecule has 2 N–H and O–H groups in total. The minimum atomic E-state index is -0.325. The second kappa shape index (κ2) is 9.42. The third-order valence-electron chi connectivity index (χ3n) is 5.79. The summed E-state index contributed by atoms with van der Waals surface area (Å²) in [5, 5.41) is 12.5. The van der Waals surface area contributed by atoms with Crippen LogP contribution in [0.3, 0.4) is 0 Å². The number of amides is 1. The van der Waals surface area contributed by atoms with Crippen molar-refractivity contribution in [3.05, 3.63) is 88.7 Å². The highest BCUT2D eigenvalue weighted by molar-refractivity contribution is 7.80. The molecule has 1 amide bonds. The summed E-state index contributed by atoms with van der Waals surface area (Å²) in [6.07, 6.45) is 0.814. The standard InChI is InChI=1S/C26H26N4O2S/c1-16-22(17(2)30(3)29-16)13-18-9-11-21(12-10-18)27-26(33)28-25(31)23-14-19-7-5-6-8-20(19)15-24(23)32-4/h5-12,14-15H,13H2,1-4H3,(H2,27,28,31,33). The monoisotopic (exact) mass is 458 g/mol. The first-order valence-electron chi connectivity index (χ1n) is 10.6. The number of rotatable bonds is 5. The van der Waals surface area contributed by atoms with Crippen LogP contribution in [0.15, 0.2) is 60.7 Å². The van der Waals surface area contributed by atoms with Gasteiger partial charge in [0.1, 0.15) is 5.75 Å². The molecule has 168 valence electrons. The topological polar surface area (TPSA) is 68.2 Å². The quantitative estimate of drug-likeness (QED) is 0.416. The number of hydrogen-bond donors (Lipinski definition) is 2. The summed E-state index contributed by atoms with van der Waals surface area (Å²) in [4.78, 5) is 12.9. The zero-order valence-electron chi connectivity index (χ0n) is 19.1. The van der Waals surface area contributed by atoms with Crippen molar-refractivity contribution in [3.8, 4) is 5.75 Å². The zero-order valence-corrected chi connectivity index (χ0v) is 19.9. The van der Waals surface area contributed by atoms with E-state index in [-0.39, 0.29) is 11.0 Å². The second-order valence-corrected chi connectivity index (χ2v) is 8.36. The Morgan fingerprint density at radius 3 is 2.33 bits per heavy atom. The maximum Gasteiger partial charge on any atom is 0.261 e. The first kappa shape index (κ1) is 22.5. The molecular weight excluding hydrogens is 432 g/mol. The molecule has 0 aliphatic heterocycles. The van der Waals surface area contributed by atoms with Crippen molar-refractivity contribution in [2.75, 3.05) is 12.4 Å². The molecule has 0 radical (unpaired) electrons. The van der Waals surface area contributed by atoms with E-state index in [1.165, 1.54) is 16.8 Å². The highest BCUT2D eigenvalue weighted by atomic mass is 32.1. The maximum absolute atomic E-state index is 12.9. The first-order chi connectivity index (χ1) is 15.9. The number of thiocarbonyl (C=S) groups is 1. The SMILES string of the molecule is COc1cc2ccccc2cc1C(=O)NC(=S)Nc1ccc(Cc2c(C)nn(C)c2C)cc1. The smallest absolute Gasteiger partial charge is 0.261 e. The number of nitrogens with one attached hydrogen (secondary N) is 2. The van der Waals surface area contributed by atoms with Crippen molar-refractivity contribution in [3.63, 3.8) is 0 Å². The lowest BCUT2D eigenvalue weighted by atomic mass is 10.0. The molecule has 1 aromatic heterocycles. The molecule has 4 rings (SSSR count). The number of ether oxygens (including phenoxy) is 1. The van der Waals surface area contributed by atoms with Crippen LogP contribution in [0.5, 0.6) is 5.75 Å². The van der Waals surface area contributed by atoms with Gasteiger partial charge in [-0.05, 0) is 66.7 Å². The molecule has 0 unspecified atom stereocenters. The number of carbonyl (C=O) groups excluding carboxylic acids is 1. The number of carbonyl (C=O) groups is 1. The van der Waals surface area contributed by atoms with Crippen LogP contribution >= 0.6 is 12.2 Å². The highest BCUT2D eigenvalue weighted by Gasteiger charge is 2.15. The van der Waals surface area contributed by atoms with Crippen molar-refractivity contribution >= 4 is 39.7 Å². The van der Waals surface area contributed by atoms with Gasteiger partial charge in [-0.25, -0.2) is 0 Å². The van der Waals surface area contributed by atoms with Crippen LogP contribution in [0.1, 0.15) is 32.9 Å². The number of nitrogens with zero attached hydrogens (tertiary/aromatic N) is 2. The Balaban J connectivity index is 1.42. The molecule has 0 aliphatic rings. The summed E-state index contributed by atoms with van der Waals surface area (Å²) in [5.41, 5.74) is 5.86. The van der Waals surface area contributed by atoms with E-state index in [1.807, 2.05) is 79.3 Å². The van der Waals surface area contributed by atoms with E-state index in [1.54, 1.807) is 7.11 Å². The molecule has 33 heavy (non-hydrogen) atoms. The zero-order chi connectivity index (χ0) is 23.5. The van der Waals surface area contributed by atoms with Gasteiger partial charge in [0.2, 0.25) is 0 Å². The van der Waals surface area contributed by atoms with Crippen molar-refractivity contribution < 1.29 is 9.53 Å². The molecule has 0 saturated heterocycles. The Hall–Kier alpha value is -3.71. The molecule has 0 spiro atoms. The van der Waals surface area contributed by atoms with Gasteiger partial charge in [0.25, 0.3) is 5.91 Å². The molecule has 0 fully saturated rings. The van der Waals surface area contributed by atoms with Crippen molar-refractivity contribution in [2.24, 2.45) is 7.05 Å². The molecule has 0 aliphatic carbocycles. The maximum atomic E-state index is 12.9. The van der Waals surface area contributed by atoms with E-state index < -0.39 is 0 Å². The Morgan fingerprint density at radius 1 is 1.06 bits per heavy atom. The van der Waals surface area contributed by atoms with Crippen LogP contribution in [0.2, 0.25) is 0 Å². The van der Waals surface area contributed by atoms with E-state index in [4.69, 9.17) is 17.0 Å². The number of aromatic nitrogens is 2. The predicted molar refractivity (Wildman–Crippen MR) is 136 cm³/mol. The van der Waals surface area contributed by atoms with Gasteiger partial charge < -0.3 is 10.1 Å². The molecular formula is C26H26N4O2S. The summed E-state index contributed by atoms with van der Waals surface area (Å²) < 4.78 is 7.33. The van der Waals surface area contributed by atoms with Crippen LogP contribution in [0, 0.1) is 13.8 Å². The van der Waals surface area contributed by atoms with Gasteiger partial charge in [0.05, 0.1) is 18.4 Å². The second-order valence-electron chi connectivity index (χ2n) is 7.95. The van der Waals surface area contributed by atoms with E-state index >= 15 is 0 Å². The van der Waals surface area contributed by atoms with Crippen LogP contribution in [-0.2, 0) is 13.5 Å². The molecule has 7 heteroatoms. The number of fused-ring (bicyclic) bond motifs is 1. The lowest BCUT2D eigenvalue weighted by Crippen LogP contribution is -2.34. The average molecular weight is 459 g/mol. The van der Waals surface area contributed by atoms with Crippen LogP contribution in [-0.4, -0.2) is 27.9 Å². The predicted octanol–water partition coefficient (Wildman–Crippen LogP) is 4.92. The van der Waals surface area contributed by atoms with Crippen LogP contribution < -0.4 is 15.4 Å². The van der Waals surface area contributed by atoms with Crippen molar-refractivity contribution in [1.82, 2.24) is 15.1 Å². The highest BCUT2D eigenvalue weighted by Crippen LogP contribution is 2.26.